The van der Waals surface area contributed by atoms with Crippen molar-refractivity contribution in [1.82, 2.24) is 10.6 Å². The molecule has 0 unspecified atom stereocenters. The SMILES string of the molecule is CN=C(NCc1cc(Cl)ccc1OC(F)F)NCC1(SC)CCOCC1.I. The number of ether oxygens (including phenoxy) is 2. The summed E-state index contributed by atoms with van der Waals surface area (Å²) in [5.74, 6) is 0.685. The Morgan fingerprint density at radius 3 is 2.67 bits per heavy atom. The predicted molar refractivity (Wildman–Crippen MR) is 118 cm³/mol. The Balaban J connectivity index is 0.00000364. The van der Waals surface area contributed by atoms with Crippen LogP contribution in [0.15, 0.2) is 23.2 Å². The maximum atomic E-state index is 12.5. The lowest BCUT2D eigenvalue weighted by atomic mass is 9.99. The van der Waals surface area contributed by atoms with E-state index in [1.807, 2.05) is 11.8 Å². The molecule has 1 heterocycles. The molecule has 27 heavy (non-hydrogen) atoms. The molecule has 0 aliphatic carbocycles. The van der Waals surface area contributed by atoms with Crippen LogP contribution in [0.1, 0.15) is 18.4 Å². The van der Waals surface area contributed by atoms with Crippen molar-refractivity contribution in [2.75, 3.05) is 33.1 Å². The number of hydrogen-bond donors (Lipinski definition) is 2. The zero-order valence-corrected chi connectivity index (χ0v) is 19.2. The van der Waals surface area contributed by atoms with Gasteiger partial charge in [0.2, 0.25) is 0 Å². The van der Waals surface area contributed by atoms with Crippen molar-refractivity contribution in [3.05, 3.63) is 28.8 Å². The molecule has 1 aliphatic rings. The maximum absolute atomic E-state index is 12.5. The first kappa shape index (κ1) is 24.5. The topological polar surface area (TPSA) is 54.9 Å². The van der Waals surface area contributed by atoms with Crippen LogP contribution in [-0.2, 0) is 11.3 Å². The first-order valence-corrected chi connectivity index (χ1v) is 9.89. The molecule has 154 valence electrons. The van der Waals surface area contributed by atoms with E-state index in [0.717, 1.165) is 32.6 Å². The fourth-order valence-corrected chi connectivity index (χ4v) is 3.72. The zero-order chi connectivity index (χ0) is 19.0. The smallest absolute Gasteiger partial charge is 0.387 e. The lowest BCUT2D eigenvalue weighted by Gasteiger charge is -2.36. The Morgan fingerprint density at radius 2 is 2.07 bits per heavy atom. The molecule has 0 radical (unpaired) electrons. The molecule has 0 amide bonds. The fourth-order valence-electron chi connectivity index (χ4n) is 2.74. The number of hydrogen-bond acceptors (Lipinski definition) is 4. The molecule has 1 aromatic carbocycles. The number of halogens is 4. The average molecular weight is 536 g/mol. The van der Waals surface area contributed by atoms with Crippen molar-refractivity contribution in [3.8, 4) is 5.75 Å². The van der Waals surface area contributed by atoms with E-state index < -0.39 is 6.61 Å². The minimum atomic E-state index is -2.89. The highest BCUT2D eigenvalue weighted by atomic mass is 127. The molecule has 1 saturated heterocycles. The van der Waals surface area contributed by atoms with Crippen LogP contribution in [0, 0.1) is 0 Å². The first-order chi connectivity index (χ1) is 12.5. The minimum absolute atomic E-state index is 0. The molecule has 5 nitrogen and oxygen atoms in total. The summed E-state index contributed by atoms with van der Waals surface area (Å²) in [7, 11) is 1.67. The monoisotopic (exact) mass is 535 g/mol. The van der Waals surface area contributed by atoms with Crippen LogP contribution in [0.4, 0.5) is 8.78 Å². The molecule has 0 bridgehead atoms. The minimum Gasteiger partial charge on any atom is -0.434 e. The molecule has 1 aromatic rings. The van der Waals surface area contributed by atoms with Crippen molar-refractivity contribution >= 4 is 53.3 Å². The summed E-state index contributed by atoms with van der Waals surface area (Å²) < 4.78 is 35.2. The Morgan fingerprint density at radius 1 is 1.37 bits per heavy atom. The summed E-state index contributed by atoms with van der Waals surface area (Å²) in [6, 6.07) is 4.55. The van der Waals surface area contributed by atoms with E-state index >= 15 is 0 Å². The Hall–Kier alpha value is -0.520. The third kappa shape index (κ3) is 7.78. The quantitative estimate of drug-likeness (QED) is 0.312. The Bertz CT molecular complexity index is 620. The standard InChI is InChI=1S/C17H24ClF2N3O2S.HI/c1-21-16(23-11-17(26-2)5-7-24-8-6-17)22-10-12-9-13(18)3-4-14(12)25-15(19)20;/h3-4,9,15H,5-8,10-11H2,1-2H3,(H2,21,22,23);1H. The zero-order valence-electron chi connectivity index (χ0n) is 15.3. The summed E-state index contributed by atoms with van der Waals surface area (Å²) in [6.07, 6.45) is 4.04. The Kier molecular flexibility index (Phi) is 11.0. The number of guanidine groups is 1. The first-order valence-electron chi connectivity index (χ1n) is 8.29. The van der Waals surface area contributed by atoms with Gasteiger partial charge in [0.15, 0.2) is 5.96 Å². The molecule has 1 aliphatic heterocycles. The van der Waals surface area contributed by atoms with Gasteiger partial charge in [0.05, 0.1) is 0 Å². The van der Waals surface area contributed by atoms with Crippen molar-refractivity contribution in [2.24, 2.45) is 4.99 Å². The number of rotatable bonds is 7. The molecule has 0 aromatic heterocycles. The summed E-state index contributed by atoms with van der Waals surface area (Å²) in [5.41, 5.74) is 0.534. The molecule has 2 N–H and O–H groups in total. The van der Waals surface area contributed by atoms with Gasteiger partial charge in [-0.3, -0.25) is 4.99 Å². The molecule has 1 fully saturated rings. The Labute approximate surface area is 185 Å². The van der Waals surface area contributed by atoms with Crippen LogP contribution < -0.4 is 15.4 Å². The number of benzene rings is 1. The summed E-state index contributed by atoms with van der Waals surface area (Å²) in [5, 5.41) is 6.89. The predicted octanol–water partition coefficient (Wildman–Crippen LogP) is 4.14. The fraction of sp³-hybridized carbons (Fsp3) is 0.588. The highest BCUT2D eigenvalue weighted by Gasteiger charge is 2.31. The van der Waals surface area contributed by atoms with Crippen LogP contribution in [0.3, 0.4) is 0 Å². The average Bonchev–Trinajstić information content (AvgIpc) is 2.64. The van der Waals surface area contributed by atoms with E-state index in [4.69, 9.17) is 16.3 Å². The van der Waals surface area contributed by atoms with Crippen molar-refractivity contribution in [3.63, 3.8) is 0 Å². The number of alkyl halides is 2. The molecule has 10 heteroatoms. The van der Waals surface area contributed by atoms with Gasteiger partial charge in [-0.25, -0.2) is 0 Å². The maximum Gasteiger partial charge on any atom is 0.387 e. The summed E-state index contributed by atoms with van der Waals surface area (Å²) >= 11 is 7.80. The lowest BCUT2D eigenvalue weighted by Crippen LogP contribution is -2.47. The van der Waals surface area contributed by atoms with Gasteiger partial charge in [0, 0.05) is 48.7 Å². The largest absolute Gasteiger partial charge is 0.434 e. The highest BCUT2D eigenvalue weighted by Crippen LogP contribution is 2.33. The van der Waals surface area contributed by atoms with Crippen LogP contribution in [-0.4, -0.2) is 50.4 Å². The van der Waals surface area contributed by atoms with E-state index in [2.05, 4.69) is 26.6 Å². The second-order valence-corrected chi connectivity index (χ2v) is 7.62. The van der Waals surface area contributed by atoms with E-state index in [9.17, 15) is 8.78 Å². The van der Waals surface area contributed by atoms with Crippen molar-refractivity contribution in [1.29, 1.82) is 0 Å². The lowest BCUT2D eigenvalue weighted by molar-refractivity contribution is -0.0504. The molecule has 0 spiro atoms. The van der Waals surface area contributed by atoms with Crippen molar-refractivity contribution in [2.45, 2.75) is 30.7 Å². The van der Waals surface area contributed by atoms with E-state index in [-0.39, 0.29) is 41.0 Å². The number of nitrogens with one attached hydrogen (secondary N) is 2. The van der Waals surface area contributed by atoms with Crippen LogP contribution in [0.2, 0.25) is 5.02 Å². The molecule has 0 saturated carbocycles. The normalized spacial score (nSPS) is 16.6. The van der Waals surface area contributed by atoms with E-state index in [0.29, 0.717) is 16.5 Å². The van der Waals surface area contributed by atoms with Gasteiger partial charge in [0.1, 0.15) is 5.75 Å². The highest BCUT2D eigenvalue weighted by molar-refractivity contribution is 14.0. The van der Waals surface area contributed by atoms with E-state index in [1.165, 1.54) is 12.1 Å². The van der Waals surface area contributed by atoms with Gasteiger partial charge in [-0.2, -0.15) is 20.5 Å². The van der Waals surface area contributed by atoms with Gasteiger partial charge >= 0.3 is 6.61 Å². The van der Waals surface area contributed by atoms with Crippen LogP contribution in [0.5, 0.6) is 5.75 Å². The second kappa shape index (κ2) is 12.1. The summed E-state index contributed by atoms with van der Waals surface area (Å²) in [6.45, 7) is -0.371. The van der Waals surface area contributed by atoms with Crippen LogP contribution in [0.25, 0.3) is 0 Å². The molecular formula is C17H25ClF2IN3O2S. The number of thioether (sulfide) groups is 1. The molecule has 2 rings (SSSR count). The molecular weight excluding hydrogens is 511 g/mol. The summed E-state index contributed by atoms with van der Waals surface area (Å²) in [4.78, 5) is 4.20. The van der Waals surface area contributed by atoms with Gasteiger partial charge in [-0.05, 0) is 37.3 Å². The number of aliphatic imine (C=N–C) groups is 1. The number of nitrogens with zero attached hydrogens (tertiary/aromatic N) is 1. The van der Waals surface area contributed by atoms with Gasteiger partial charge in [0.25, 0.3) is 0 Å². The van der Waals surface area contributed by atoms with E-state index in [1.54, 1.807) is 13.1 Å². The molecule has 0 atom stereocenters. The van der Waals surface area contributed by atoms with Gasteiger partial charge < -0.3 is 20.1 Å². The third-order valence-electron chi connectivity index (χ3n) is 4.32. The van der Waals surface area contributed by atoms with Gasteiger partial charge in [-0.15, -0.1) is 24.0 Å². The second-order valence-electron chi connectivity index (χ2n) is 5.91. The van der Waals surface area contributed by atoms with Gasteiger partial charge in [-0.1, -0.05) is 11.6 Å². The van der Waals surface area contributed by atoms with Crippen molar-refractivity contribution < 1.29 is 18.3 Å². The third-order valence-corrected chi connectivity index (χ3v) is 5.98. The van der Waals surface area contributed by atoms with Crippen LogP contribution >= 0.6 is 47.3 Å².